The van der Waals surface area contributed by atoms with Gasteiger partial charge in [0.1, 0.15) is 16.7 Å². The minimum Gasteiger partial charge on any atom is -0.456 e. The molecule has 12 aromatic rings. The van der Waals surface area contributed by atoms with Gasteiger partial charge in [-0.25, -0.2) is 4.98 Å². The lowest BCUT2D eigenvalue weighted by Crippen LogP contribution is -1.93. The molecule has 0 atom stereocenters. The standard InChI is InChI=1S/C52H31N3O2/c1-4-12-32(13-5-1)50-49-43-31-37(23-27-48(43)57-52(49)54-51(53-50)33-14-6-2-7-15-33)36-22-26-47-42(30-36)41-29-35(21-25-46(41)56-47)34-20-24-45-40(28-34)39-18-10-11-19-44(39)55(45)38-16-8-3-9-17-38/h1-31H. The van der Waals surface area contributed by atoms with Gasteiger partial charge in [-0.15, -0.1) is 0 Å². The van der Waals surface area contributed by atoms with E-state index in [1.54, 1.807) is 0 Å². The highest BCUT2D eigenvalue weighted by atomic mass is 16.3. The largest absolute Gasteiger partial charge is 0.456 e. The van der Waals surface area contributed by atoms with Gasteiger partial charge in [-0.05, 0) is 89.0 Å². The van der Waals surface area contributed by atoms with Gasteiger partial charge in [0.15, 0.2) is 5.82 Å². The molecule has 0 N–H and O–H groups in total. The van der Waals surface area contributed by atoms with E-state index in [0.29, 0.717) is 11.5 Å². The fourth-order valence-electron chi connectivity index (χ4n) is 8.52. The maximum atomic E-state index is 6.45. The molecule has 0 aliphatic rings. The van der Waals surface area contributed by atoms with Gasteiger partial charge >= 0.3 is 0 Å². The summed E-state index contributed by atoms with van der Waals surface area (Å²) in [4.78, 5) is 10.1. The van der Waals surface area contributed by atoms with Crippen molar-refractivity contribution < 1.29 is 8.83 Å². The zero-order chi connectivity index (χ0) is 37.5. The molecule has 5 nitrogen and oxygen atoms in total. The first-order chi connectivity index (χ1) is 28.2. The van der Waals surface area contributed by atoms with Crippen molar-refractivity contribution in [3.63, 3.8) is 0 Å². The van der Waals surface area contributed by atoms with Crippen LogP contribution >= 0.6 is 0 Å². The Morgan fingerprint density at radius 1 is 0.351 bits per heavy atom. The lowest BCUT2D eigenvalue weighted by Gasteiger charge is -2.08. The SMILES string of the molecule is c1ccc(-c2nc(-c3ccccc3)c3c(n2)oc2ccc(-c4ccc5oc6ccc(-c7ccc8c(c7)c7ccccc7n8-c7ccccc7)cc6c5c4)cc23)cc1. The number of aromatic nitrogens is 3. The zero-order valence-corrected chi connectivity index (χ0v) is 30.6. The van der Waals surface area contributed by atoms with Crippen molar-refractivity contribution in [1.29, 1.82) is 0 Å². The second kappa shape index (κ2) is 12.4. The summed E-state index contributed by atoms with van der Waals surface area (Å²) in [5.41, 5.74) is 13.9. The lowest BCUT2D eigenvalue weighted by atomic mass is 9.98. The number of rotatable bonds is 5. The van der Waals surface area contributed by atoms with Gasteiger partial charge in [-0.1, -0.05) is 121 Å². The molecular formula is C52H31N3O2. The molecule has 0 aliphatic heterocycles. The smallest absolute Gasteiger partial charge is 0.231 e. The molecule has 4 heterocycles. The highest BCUT2D eigenvalue weighted by Crippen LogP contribution is 2.41. The second-order valence-electron chi connectivity index (χ2n) is 14.6. The Labute approximate surface area is 326 Å². The van der Waals surface area contributed by atoms with Crippen molar-refractivity contribution >= 4 is 65.8 Å². The Morgan fingerprint density at radius 3 is 1.53 bits per heavy atom. The fraction of sp³-hybridized carbons (Fsp3) is 0. The molecule has 0 amide bonds. The van der Waals surface area contributed by atoms with Gasteiger partial charge in [0, 0.05) is 43.7 Å². The molecule has 12 rings (SSSR count). The van der Waals surface area contributed by atoms with Crippen LogP contribution in [0.1, 0.15) is 0 Å². The number of para-hydroxylation sites is 2. The van der Waals surface area contributed by atoms with Crippen LogP contribution in [-0.2, 0) is 0 Å². The molecular weight excluding hydrogens is 699 g/mol. The Kier molecular flexibility index (Phi) is 6.86. The summed E-state index contributed by atoms with van der Waals surface area (Å²) in [6, 6.07) is 65.7. The van der Waals surface area contributed by atoms with E-state index < -0.39 is 0 Å². The van der Waals surface area contributed by atoms with Crippen molar-refractivity contribution in [2.45, 2.75) is 0 Å². The monoisotopic (exact) mass is 729 g/mol. The molecule has 266 valence electrons. The molecule has 0 radical (unpaired) electrons. The fourth-order valence-corrected chi connectivity index (χ4v) is 8.52. The molecule has 0 unspecified atom stereocenters. The molecule has 0 saturated heterocycles. The van der Waals surface area contributed by atoms with E-state index in [1.165, 1.54) is 21.8 Å². The van der Waals surface area contributed by atoms with Crippen LogP contribution in [0.2, 0.25) is 0 Å². The van der Waals surface area contributed by atoms with Crippen LogP contribution in [0.25, 0.3) is 116 Å². The summed E-state index contributed by atoms with van der Waals surface area (Å²) >= 11 is 0. The lowest BCUT2D eigenvalue weighted by molar-refractivity contribution is 0.653. The number of benzene rings is 8. The molecule has 5 heteroatoms. The minimum atomic E-state index is 0.571. The molecule has 8 aromatic carbocycles. The van der Waals surface area contributed by atoms with Crippen molar-refractivity contribution in [3.8, 4) is 50.6 Å². The van der Waals surface area contributed by atoms with Crippen LogP contribution in [-0.4, -0.2) is 14.5 Å². The third-order valence-corrected chi connectivity index (χ3v) is 11.2. The first-order valence-electron chi connectivity index (χ1n) is 19.1. The van der Waals surface area contributed by atoms with Gasteiger partial charge in [-0.3, -0.25) is 0 Å². The van der Waals surface area contributed by atoms with Crippen LogP contribution < -0.4 is 0 Å². The molecule has 0 spiro atoms. The highest BCUT2D eigenvalue weighted by Gasteiger charge is 2.20. The summed E-state index contributed by atoms with van der Waals surface area (Å²) in [5.74, 6) is 0.636. The molecule has 0 bridgehead atoms. The maximum Gasteiger partial charge on any atom is 0.231 e. The van der Waals surface area contributed by atoms with Crippen molar-refractivity contribution in [1.82, 2.24) is 14.5 Å². The summed E-state index contributed by atoms with van der Waals surface area (Å²) in [7, 11) is 0. The quantitative estimate of drug-likeness (QED) is 0.177. The molecule has 57 heavy (non-hydrogen) atoms. The van der Waals surface area contributed by atoms with Gasteiger partial charge in [0.2, 0.25) is 5.71 Å². The number of hydrogen-bond donors (Lipinski definition) is 0. The predicted octanol–water partition coefficient (Wildman–Crippen LogP) is 14.0. The Bertz CT molecular complexity index is 3510. The topological polar surface area (TPSA) is 57.0 Å². The molecule has 4 aromatic heterocycles. The second-order valence-corrected chi connectivity index (χ2v) is 14.6. The number of nitrogens with zero attached hydrogens (tertiary/aromatic N) is 3. The zero-order valence-electron chi connectivity index (χ0n) is 30.6. The third kappa shape index (κ3) is 5.03. The average Bonchev–Trinajstić information content (AvgIpc) is 3.95. The summed E-state index contributed by atoms with van der Waals surface area (Å²) in [6.45, 7) is 0. The van der Waals surface area contributed by atoms with E-state index in [2.05, 4.69) is 138 Å². The Morgan fingerprint density at radius 2 is 0.860 bits per heavy atom. The van der Waals surface area contributed by atoms with Gasteiger partial charge in [0.05, 0.1) is 22.1 Å². The van der Waals surface area contributed by atoms with Gasteiger partial charge < -0.3 is 13.4 Å². The van der Waals surface area contributed by atoms with Crippen molar-refractivity contribution in [2.24, 2.45) is 0 Å². The van der Waals surface area contributed by atoms with E-state index in [0.717, 1.165) is 83.1 Å². The van der Waals surface area contributed by atoms with Crippen molar-refractivity contribution in [2.75, 3.05) is 0 Å². The van der Waals surface area contributed by atoms with Crippen LogP contribution in [0.5, 0.6) is 0 Å². The van der Waals surface area contributed by atoms with Crippen LogP contribution in [0.3, 0.4) is 0 Å². The predicted molar refractivity (Wildman–Crippen MR) is 233 cm³/mol. The first kappa shape index (κ1) is 31.6. The van der Waals surface area contributed by atoms with Crippen LogP contribution in [0, 0.1) is 0 Å². The van der Waals surface area contributed by atoms with Crippen molar-refractivity contribution in [3.05, 3.63) is 188 Å². The Hall–Kier alpha value is -7.76. The number of furan rings is 2. The Balaban J connectivity index is 0.985. The maximum absolute atomic E-state index is 6.45. The van der Waals surface area contributed by atoms with E-state index in [1.807, 2.05) is 54.6 Å². The van der Waals surface area contributed by atoms with Crippen LogP contribution in [0.4, 0.5) is 0 Å². The van der Waals surface area contributed by atoms with Crippen LogP contribution in [0.15, 0.2) is 197 Å². The molecule has 0 aliphatic carbocycles. The molecule has 0 fully saturated rings. The number of fused-ring (bicyclic) bond motifs is 9. The minimum absolute atomic E-state index is 0.571. The van der Waals surface area contributed by atoms with Gasteiger partial charge in [0.25, 0.3) is 0 Å². The molecule has 0 saturated carbocycles. The number of hydrogen-bond acceptors (Lipinski definition) is 4. The summed E-state index contributed by atoms with van der Waals surface area (Å²) in [5, 5.41) is 6.50. The first-order valence-corrected chi connectivity index (χ1v) is 19.1. The third-order valence-electron chi connectivity index (χ3n) is 11.2. The normalized spacial score (nSPS) is 11.9. The highest BCUT2D eigenvalue weighted by molar-refractivity contribution is 6.13. The van der Waals surface area contributed by atoms with E-state index >= 15 is 0 Å². The van der Waals surface area contributed by atoms with E-state index in [9.17, 15) is 0 Å². The summed E-state index contributed by atoms with van der Waals surface area (Å²) in [6.07, 6.45) is 0. The average molecular weight is 730 g/mol. The van der Waals surface area contributed by atoms with Gasteiger partial charge in [-0.2, -0.15) is 4.98 Å². The summed E-state index contributed by atoms with van der Waals surface area (Å²) < 4.78 is 15.2. The van der Waals surface area contributed by atoms with E-state index in [4.69, 9.17) is 18.8 Å². The van der Waals surface area contributed by atoms with E-state index in [-0.39, 0.29) is 0 Å².